The van der Waals surface area contributed by atoms with Gasteiger partial charge in [0.1, 0.15) is 0 Å². The van der Waals surface area contributed by atoms with Gasteiger partial charge in [-0.15, -0.1) is 0 Å². The second-order valence-electron chi connectivity index (χ2n) is 5.07. The van der Waals surface area contributed by atoms with E-state index in [-0.39, 0.29) is 6.10 Å². The summed E-state index contributed by atoms with van der Waals surface area (Å²) in [6, 6.07) is 0.428. The van der Waals surface area contributed by atoms with Crippen molar-refractivity contribution >= 4 is 0 Å². The zero-order valence-corrected chi connectivity index (χ0v) is 11.9. The quantitative estimate of drug-likeness (QED) is 0.705. The summed E-state index contributed by atoms with van der Waals surface area (Å²) in [5.41, 5.74) is 0. The molecule has 0 heterocycles. The van der Waals surface area contributed by atoms with Crippen molar-refractivity contribution in [3.63, 3.8) is 0 Å². The Labute approximate surface area is 107 Å². The SMILES string of the molecule is CCN(CC)CCCN(CC)[C@@H]1CCC[C@H]1O. The van der Waals surface area contributed by atoms with Gasteiger partial charge >= 0.3 is 0 Å². The molecule has 1 N–H and O–H groups in total. The van der Waals surface area contributed by atoms with Crippen LogP contribution in [0.1, 0.15) is 46.5 Å². The van der Waals surface area contributed by atoms with Crippen LogP contribution in [-0.2, 0) is 0 Å². The predicted octanol–water partition coefficient (Wildman–Crippen LogP) is 1.95. The van der Waals surface area contributed by atoms with Crippen LogP contribution in [0.3, 0.4) is 0 Å². The number of nitrogens with zero attached hydrogens (tertiary/aromatic N) is 2. The first-order chi connectivity index (χ1) is 8.22. The first-order valence-electron chi connectivity index (χ1n) is 7.37. The van der Waals surface area contributed by atoms with E-state index in [2.05, 4.69) is 30.6 Å². The third-order valence-corrected chi connectivity index (χ3v) is 4.13. The minimum Gasteiger partial charge on any atom is -0.391 e. The summed E-state index contributed by atoms with van der Waals surface area (Å²) in [4.78, 5) is 4.94. The number of aliphatic hydroxyl groups excluding tert-OH is 1. The Bertz CT molecular complexity index is 195. The van der Waals surface area contributed by atoms with Gasteiger partial charge in [0.25, 0.3) is 0 Å². The van der Waals surface area contributed by atoms with Crippen LogP contribution in [0.15, 0.2) is 0 Å². The molecule has 1 aliphatic carbocycles. The first kappa shape index (κ1) is 14.9. The Hall–Kier alpha value is -0.120. The highest BCUT2D eigenvalue weighted by molar-refractivity contribution is 4.84. The average molecular weight is 242 g/mol. The van der Waals surface area contributed by atoms with Crippen molar-refractivity contribution in [1.29, 1.82) is 0 Å². The van der Waals surface area contributed by atoms with Gasteiger partial charge in [-0.25, -0.2) is 0 Å². The molecule has 1 saturated carbocycles. The van der Waals surface area contributed by atoms with E-state index in [9.17, 15) is 5.11 Å². The van der Waals surface area contributed by atoms with E-state index >= 15 is 0 Å². The van der Waals surface area contributed by atoms with Crippen LogP contribution in [0.5, 0.6) is 0 Å². The summed E-state index contributed by atoms with van der Waals surface area (Å²) in [7, 11) is 0. The minimum atomic E-state index is -0.0802. The van der Waals surface area contributed by atoms with E-state index in [0.29, 0.717) is 6.04 Å². The van der Waals surface area contributed by atoms with E-state index in [1.807, 2.05) is 0 Å². The molecule has 0 spiro atoms. The number of hydrogen-bond donors (Lipinski definition) is 1. The maximum absolute atomic E-state index is 9.94. The molecule has 1 fully saturated rings. The van der Waals surface area contributed by atoms with Crippen LogP contribution in [-0.4, -0.2) is 59.8 Å². The lowest BCUT2D eigenvalue weighted by atomic mass is 10.1. The summed E-state index contributed by atoms with van der Waals surface area (Å²) in [5, 5.41) is 9.94. The van der Waals surface area contributed by atoms with Crippen LogP contribution >= 0.6 is 0 Å². The molecule has 2 atom stereocenters. The summed E-state index contributed by atoms with van der Waals surface area (Å²) >= 11 is 0. The maximum Gasteiger partial charge on any atom is 0.0695 e. The Morgan fingerprint density at radius 3 is 2.18 bits per heavy atom. The van der Waals surface area contributed by atoms with Crippen LogP contribution in [0.2, 0.25) is 0 Å². The number of rotatable bonds is 8. The van der Waals surface area contributed by atoms with Gasteiger partial charge in [0, 0.05) is 6.04 Å². The van der Waals surface area contributed by atoms with Crippen molar-refractivity contribution in [3.8, 4) is 0 Å². The van der Waals surface area contributed by atoms with Gasteiger partial charge in [0.15, 0.2) is 0 Å². The van der Waals surface area contributed by atoms with Crippen molar-refractivity contribution in [2.24, 2.45) is 0 Å². The molecular formula is C14H30N2O. The van der Waals surface area contributed by atoms with Crippen LogP contribution in [0.25, 0.3) is 0 Å². The molecular weight excluding hydrogens is 212 g/mol. The number of likely N-dealkylation sites (N-methyl/N-ethyl adjacent to an activating group) is 1. The van der Waals surface area contributed by atoms with Crippen LogP contribution in [0, 0.1) is 0 Å². The summed E-state index contributed by atoms with van der Waals surface area (Å²) < 4.78 is 0. The van der Waals surface area contributed by atoms with Crippen LogP contribution in [0.4, 0.5) is 0 Å². The van der Waals surface area contributed by atoms with Crippen molar-refractivity contribution in [3.05, 3.63) is 0 Å². The third-order valence-electron chi connectivity index (χ3n) is 4.13. The summed E-state index contributed by atoms with van der Waals surface area (Å²) in [6.07, 6.45) is 4.51. The standard InChI is InChI=1S/C14H30N2O/c1-4-15(5-2)11-8-12-16(6-3)13-9-7-10-14(13)17/h13-14,17H,4-12H2,1-3H3/t13-,14-/m1/s1. The second kappa shape index (κ2) is 8.06. The smallest absolute Gasteiger partial charge is 0.0695 e. The number of aliphatic hydroxyl groups is 1. The van der Waals surface area contributed by atoms with Crippen molar-refractivity contribution < 1.29 is 5.11 Å². The Kier molecular flexibility index (Phi) is 7.09. The molecule has 102 valence electrons. The van der Waals surface area contributed by atoms with Gasteiger partial charge in [-0.3, -0.25) is 4.90 Å². The van der Waals surface area contributed by atoms with Gasteiger partial charge in [0.05, 0.1) is 6.10 Å². The molecule has 0 unspecified atom stereocenters. The van der Waals surface area contributed by atoms with Gasteiger partial charge in [-0.1, -0.05) is 20.8 Å². The fourth-order valence-electron chi connectivity index (χ4n) is 2.94. The molecule has 0 radical (unpaired) electrons. The third kappa shape index (κ3) is 4.57. The zero-order chi connectivity index (χ0) is 12.7. The molecule has 1 aliphatic rings. The number of hydrogen-bond acceptors (Lipinski definition) is 3. The molecule has 17 heavy (non-hydrogen) atoms. The molecule has 0 saturated heterocycles. The molecule has 3 nitrogen and oxygen atoms in total. The lowest BCUT2D eigenvalue weighted by molar-refractivity contribution is 0.0711. The average Bonchev–Trinajstić information content (AvgIpc) is 2.76. The Morgan fingerprint density at radius 2 is 1.71 bits per heavy atom. The summed E-state index contributed by atoms with van der Waals surface area (Å²) in [5.74, 6) is 0. The summed E-state index contributed by atoms with van der Waals surface area (Å²) in [6.45, 7) is 12.3. The molecule has 3 heteroatoms. The fraction of sp³-hybridized carbons (Fsp3) is 1.00. The predicted molar refractivity (Wildman–Crippen MR) is 73.3 cm³/mol. The molecule has 0 aromatic heterocycles. The minimum absolute atomic E-state index is 0.0802. The monoisotopic (exact) mass is 242 g/mol. The van der Waals surface area contributed by atoms with Gasteiger partial charge in [-0.05, 0) is 58.4 Å². The Morgan fingerprint density at radius 1 is 1.00 bits per heavy atom. The molecule has 0 bridgehead atoms. The molecule has 0 aromatic carbocycles. The molecule has 0 aliphatic heterocycles. The van der Waals surface area contributed by atoms with E-state index in [1.165, 1.54) is 25.8 Å². The zero-order valence-electron chi connectivity index (χ0n) is 11.9. The Balaban J connectivity index is 2.27. The van der Waals surface area contributed by atoms with Gasteiger partial charge < -0.3 is 10.0 Å². The van der Waals surface area contributed by atoms with Crippen molar-refractivity contribution in [2.75, 3.05) is 32.7 Å². The lowest BCUT2D eigenvalue weighted by Gasteiger charge is -2.30. The van der Waals surface area contributed by atoms with E-state index in [4.69, 9.17) is 0 Å². The molecule has 0 amide bonds. The maximum atomic E-state index is 9.94. The normalized spacial score (nSPS) is 25.1. The van der Waals surface area contributed by atoms with E-state index < -0.39 is 0 Å². The van der Waals surface area contributed by atoms with E-state index in [1.54, 1.807) is 0 Å². The topological polar surface area (TPSA) is 26.7 Å². The molecule has 0 aromatic rings. The largest absolute Gasteiger partial charge is 0.391 e. The van der Waals surface area contributed by atoms with Gasteiger partial charge in [0.2, 0.25) is 0 Å². The highest BCUT2D eigenvalue weighted by Gasteiger charge is 2.29. The lowest BCUT2D eigenvalue weighted by Crippen LogP contribution is -2.41. The first-order valence-corrected chi connectivity index (χ1v) is 7.37. The highest BCUT2D eigenvalue weighted by Crippen LogP contribution is 2.24. The van der Waals surface area contributed by atoms with Crippen molar-refractivity contribution in [2.45, 2.75) is 58.6 Å². The second-order valence-corrected chi connectivity index (χ2v) is 5.07. The van der Waals surface area contributed by atoms with Crippen molar-refractivity contribution in [1.82, 2.24) is 9.80 Å². The van der Waals surface area contributed by atoms with E-state index in [0.717, 1.165) is 32.6 Å². The highest BCUT2D eigenvalue weighted by atomic mass is 16.3. The fourth-order valence-corrected chi connectivity index (χ4v) is 2.94. The van der Waals surface area contributed by atoms with Gasteiger partial charge in [-0.2, -0.15) is 0 Å². The molecule has 1 rings (SSSR count). The van der Waals surface area contributed by atoms with Crippen LogP contribution < -0.4 is 0 Å².